The van der Waals surface area contributed by atoms with Crippen molar-refractivity contribution in [3.63, 3.8) is 0 Å². The van der Waals surface area contributed by atoms with Crippen molar-refractivity contribution in [3.8, 4) is 17.0 Å². The Morgan fingerprint density at radius 2 is 2.03 bits per heavy atom. The van der Waals surface area contributed by atoms with E-state index in [1.54, 1.807) is 19.2 Å². The molecule has 0 radical (unpaired) electrons. The average Bonchev–Trinajstić information content (AvgIpc) is 2.83. The second-order valence-corrected chi connectivity index (χ2v) is 8.68. The van der Waals surface area contributed by atoms with Gasteiger partial charge in [0, 0.05) is 23.5 Å². The molecule has 160 valence electrons. The summed E-state index contributed by atoms with van der Waals surface area (Å²) in [6.07, 6.45) is 3.53. The molecule has 0 aliphatic carbocycles. The van der Waals surface area contributed by atoms with E-state index in [1.165, 1.54) is 12.1 Å². The summed E-state index contributed by atoms with van der Waals surface area (Å²) in [5.74, 6) is 1.52. The van der Waals surface area contributed by atoms with Gasteiger partial charge in [-0.05, 0) is 85.3 Å². The zero-order chi connectivity index (χ0) is 21.5. The maximum Gasteiger partial charge on any atom is 0.123 e. The molecule has 2 aromatic carbocycles. The van der Waals surface area contributed by atoms with Crippen LogP contribution in [0.1, 0.15) is 24.5 Å². The normalized spacial score (nSPS) is 26.0. The molecule has 0 saturated carbocycles. The number of ether oxygens (including phenoxy) is 1. The van der Waals surface area contributed by atoms with Gasteiger partial charge in [-0.1, -0.05) is 6.08 Å². The number of piperidine rings is 3. The Balaban J connectivity index is 1.60. The number of nitrogens with zero attached hydrogens (tertiary/aromatic N) is 2. The highest BCUT2D eigenvalue weighted by Crippen LogP contribution is 2.43. The molecular weight excluding hydrogens is 391 g/mol. The largest absolute Gasteiger partial charge is 0.497 e. The molecule has 4 heterocycles. The number of pyridine rings is 1. The van der Waals surface area contributed by atoms with Crippen LogP contribution in [0.2, 0.25) is 0 Å². The van der Waals surface area contributed by atoms with Crippen LogP contribution in [-0.4, -0.2) is 41.2 Å². The van der Waals surface area contributed by atoms with E-state index in [1.807, 2.05) is 24.3 Å². The first-order valence-electron chi connectivity index (χ1n) is 10.9. The molecule has 1 aromatic heterocycles. The highest BCUT2D eigenvalue weighted by atomic mass is 19.1. The van der Waals surface area contributed by atoms with Crippen molar-refractivity contribution in [3.05, 3.63) is 72.6 Å². The van der Waals surface area contributed by atoms with Gasteiger partial charge in [-0.25, -0.2) is 9.37 Å². The zero-order valence-corrected chi connectivity index (χ0v) is 17.7. The smallest absolute Gasteiger partial charge is 0.123 e. The van der Waals surface area contributed by atoms with E-state index in [0.29, 0.717) is 11.8 Å². The standard InChI is InChI=1S/C26H27FN2O2/c1-3-16-15-29-11-10-18(16)12-25(29)26(30)22-14-24(17-4-6-19(27)7-5-17)28-23-9-8-20(31-2)13-21(22)23/h3-9,13-14,16,18,25-26,30H,1,10-12,15H2,2H3/t16-,18+,25-,26+/m0/s1. The Hall–Kier alpha value is -2.76. The summed E-state index contributed by atoms with van der Waals surface area (Å²) in [4.78, 5) is 7.20. The van der Waals surface area contributed by atoms with Gasteiger partial charge in [0.1, 0.15) is 11.6 Å². The molecule has 1 N–H and O–H groups in total. The van der Waals surface area contributed by atoms with E-state index in [2.05, 4.69) is 17.6 Å². The van der Waals surface area contributed by atoms with Gasteiger partial charge in [-0.3, -0.25) is 4.90 Å². The molecule has 0 amide bonds. The molecule has 5 atom stereocenters. The number of hydrogen-bond acceptors (Lipinski definition) is 4. The van der Waals surface area contributed by atoms with Gasteiger partial charge in [0.25, 0.3) is 0 Å². The lowest BCUT2D eigenvalue weighted by Gasteiger charge is -2.50. The number of aromatic nitrogens is 1. The highest BCUT2D eigenvalue weighted by molar-refractivity contribution is 5.87. The molecule has 3 aliphatic rings. The minimum absolute atomic E-state index is 0.0628. The lowest BCUT2D eigenvalue weighted by atomic mass is 9.73. The van der Waals surface area contributed by atoms with Gasteiger partial charge in [0.05, 0.1) is 24.4 Å². The second kappa shape index (κ2) is 8.06. The number of benzene rings is 2. The Kier molecular flexibility index (Phi) is 5.24. The number of hydrogen-bond donors (Lipinski definition) is 1. The molecule has 1 unspecified atom stereocenters. The number of halogens is 1. The second-order valence-electron chi connectivity index (χ2n) is 8.68. The molecule has 0 spiro atoms. The van der Waals surface area contributed by atoms with Crippen molar-refractivity contribution in [2.45, 2.75) is 25.0 Å². The van der Waals surface area contributed by atoms with Crippen LogP contribution in [0.5, 0.6) is 5.75 Å². The van der Waals surface area contributed by atoms with Crippen LogP contribution < -0.4 is 4.74 Å². The summed E-state index contributed by atoms with van der Waals surface area (Å²) in [7, 11) is 1.64. The minimum atomic E-state index is -0.648. The fourth-order valence-electron chi connectivity index (χ4n) is 5.28. The summed E-state index contributed by atoms with van der Waals surface area (Å²) in [6, 6.07) is 14.1. The summed E-state index contributed by atoms with van der Waals surface area (Å²) in [6.45, 7) is 5.96. The molecule has 5 heteroatoms. The van der Waals surface area contributed by atoms with Crippen molar-refractivity contribution < 1.29 is 14.2 Å². The van der Waals surface area contributed by atoms with Gasteiger partial charge in [0.15, 0.2) is 0 Å². The fraction of sp³-hybridized carbons (Fsp3) is 0.346. The highest BCUT2D eigenvalue weighted by Gasteiger charge is 2.42. The van der Waals surface area contributed by atoms with Crippen LogP contribution in [0.25, 0.3) is 22.2 Å². The van der Waals surface area contributed by atoms with E-state index in [-0.39, 0.29) is 11.9 Å². The Morgan fingerprint density at radius 3 is 2.71 bits per heavy atom. The van der Waals surface area contributed by atoms with E-state index < -0.39 is 6.10 Å². The van der Waals surface area contributed by atoms with Crippen molar-refractivity contribution in [2.75, 3.05) is 20.2 Å². The van der Waals surface area contributed by atoms with Gasteiger partial charge in [-0.15, -0.1) is 6.58 Å². The third-order valence-electron chi connectivity index (χ3n) is 7.02. The van der Waals surface area contributed by atoms with Crippen LogP contribution in [0.4, 0.5) is 4.39 Å². The van der Waals surface area contributed by atoms with Crippen molar-refractivity contribution in [2.24, 2.45) is 11.8 Å². The summed E-state index contributed by atoms with van der Waals surface area (Å²) >= 11 is 0. The number of fused-ring (bicyclic) bond motifs is 4. The first kappa shape index (κ1) is 20.2. The minimum Gasteiger partial charge on any atom is -0.497 e. The first-order valence-corrected chi connectivity index (χ1v) is 10.9. The summed E-state index contributed by atoms with van der Waals surface area (Å²) in [5.41, 5.74) is 3.18. The molecule has 31 heavy (non-hydrogen) atoms. The monoisotopic (exact) mass is 418 g/mol. The van der Waals surface area contributed by atoms with E-state index in [4.69, 9.17) is 9.72 Å². The van der Waals surface area contributed by atoms with Crippen LogP contribution >= 0.6 is 0 Å². The number of methoxy groups -OCH3 is 1. The van der Waals surface area contributed by atoms with Gasteiger partial charge >= 0.3 is 0 Å². The van der Waals surface area contributed by atoms with E-state index >= 15 is 0 Å². The van der Waals surface area contributed by atoms with Crippen molar-refractivity contribution in [1.82, 2.24) is 9.88 Å². The maximum absolute atomic E-state index is 13.4. The molecule has 3 aromatic rings. The van der Waals surface area contributed by atoms with Crippen molar-refractivity contribution in [1.29, 1.82) is 0 Å². The van der Waals surface area contributed by atoms with Crippen molar-refractivity contribution >= 4 is 10.9 Å². The number of rotatable bonds is 5. The topological polar surface area (TPSA) is 45.6 Å². The van der Waals surface area contributed by atoms with Crippen LogP contribution in [0, 0.1) is 17.7 Å². The molecule has 6 rings (SSSR count). The van der Waals surface area contributed by atoms with Crippen LogP contribution in [0.3, 0.4) is 0 Å². The molecule has 4 nitrogen and oxygen atoms in total. The summed E-state index contributed by atoms with van der Waals surface area (Å²) in [5, 5.41) is 12.5. The Labute approximate surface area is 182 Å². The Morgan fingerprint density at radius 1 is 1.23 bits per heavy atom. The third-order valence-corrected chi connectivity index (χ3v) is 7.02. The number of aliphatic hydroxyl groups is 1. The molecule has 3 saturated heterocycles. The van der Waals surface area contributed by atoms with Crippen LogP contribution in [0.15, 0.2) is 61.2 Å². The SMILES string of the molecule is C=C[C@H]1CN2CC[C@@H]1C[C@H]2[C@H](O)c1cc(-c2ccc(F)cc2)nc2ccc(OC)cc12. The van der Waals surface area contributed by atoms with Gasteiger partial charge < -0.3 is 9.84 Å². The lowest BCUT2D eigenvalue weighted by Crippen LogP contribution is -2.54. The maximum atomic E-state index is 13.4. The lowest BCUT2D eigenvalue weighted by molar-refractivity contribution is -0.0444. The number of aliphatic hydroxyl groups excluding tert-OH is 1. The fourth-order valence-corrected chi connectivity index (χ4v) is 5.28. The molecule has 3 fully saturated rings. The van der Waals surface area contributed by atoms with E-state index in [9.17, 15) is 9.50 Å². The zero-order valence-electron chi connectivity index (χ0n) is 17.7. The quantitative estimate of drug-likeness (QED) is 0.594. The average molecular weight is 419 g/mol. The van der Waals surface area contributed by atoms with E-state index in [0.717, 1.165) is 59.4 Å². The first-order chi connectivity index (χ1) is 15.1. The third kappa shape index (κ3) is 3.62. The Bertz CT molecular complexity index is 1110. The van der Waals surface area contributed by atoms with Gasteiger partial charge in [-0.2, -0.15) is 0 Å². The van der Waals surface area contributed by atoms with Gasteiger partial charge in [0.2, 0.25) is 0 Å². The molecule has 2 bridgehead atoms. The summed E-state index contributed by atoms with van der Waals surface area (Å²) < 4.78 is 18.9. The molecule has 3 aliphatic heterocycles. The predicted octanol–water partition coefficient (Wildman–Crippen LogP) is 4.98. The molecular formula is C26H27FN2O2. The predicted molar refractivity (Wildman–Crippen MR) is 120 cm³/mol. The van der Waals surface area contributed by atoms with Crippen LogP contribution in [-0.2, 0) is 0 Å².